The van der Waals surface area contributed by atoms with E-state index in [0.29, 0.717) is 11.4 Å². The zero-order chi connectivity index (χ0) is 12.8. The first kappa shape index (κ1) is 11.7. The highest BCUT2D eigenvalue weighted by atomic mass is 16.1. The fourth-order valence-corrected chi connectivity index (χ4v) is 1.62. The predicted molar refractivity (Wildman–Crippen MR) is 67.4 cm³/mol. The van der Waals surface area contributed by atoms with Crippen LogP contribution < -0.4 is 0 Å². The fourth-order valence-electron chi connectivity index (χ4n) is 1.62. The van der Waals surface area contributed by atoms with Gasteiger partial charge < -0.3 is 0 Å². The van der Waals surface area contributed by atoms with Crippen LogP contribution in [0.1, 0.15) is 0 Å². The van der Waals surface area contributed by atoms with E-state index in [1.165, 1.54) is 12.2 Å². The van der Waals surface area contributed by atoms with Gasteiger partial charge in [-0.3, -0.25) is 0 Å². The van der Waals surface area contributed by atoms with Gasteiger partial charge in [-0.05, 0) is 35.4 Å². The van der Waals surface area contributed by atoms with Crippen molar-refractivity contribution in [3.8, 4) is 11.1 Å². The number of hydrogen-bond donors (Lipinski definition) is 0. The van der Waals surface area contributed by atoms with Crippen LogP contribution in [0, 0.1) is 0 Å². The number of isocyanates is 2. The van der Waals surface area contributed by atoms with Crippen molar-refractivity contribution in [2.45, 2.75) is 0 Å². The van der Waals surface area contributed by atoms with Crippen LogP contribution in [0.15, 0.2) is 58.5 Å². The average molecular weight is 236 g/mol. The Hall–Kier alpha value is -2.80. The standard InChI is InChI=1S/C14H8N2O2/c17-9-15-13-5-1-3-11(7-13)12-4-2-6-14(8-12)16-10-18/h1-8H. The SMILES string of the molecule is O=C=Nc1cccc(-c2cccc(N=C=O)c2)c1. The minimum atomic E-state index is 0.534. The van der Waals surface area contributed by atoms with Crippen LogP contribution in [0.2, 0.25) is 0 Å². The molecule has 2 rings (SSSR count). The van der Waals surface area contributed by atoms with E-state index in [1.807, 2.05) is 12.1 Å². The molecule has 18 heavy (non-hydrogen) atoms. The van der Waals surface area contributed by atoms with Gasteiger partial charge in [-0.2, -0.15) is 9.98 Å². The minimum Gasteiger partial charge on any atom is -0.211 e. The third-order valence-corrected chi connectivity index (χ3v) is 2.38. The second-order valence-corrected chi connectivity index (χ2v) is 3.51. The minimum absolute atomic E-state index is 0.534. The largest absolute Gasteiger partial charge is 0.240 e. The van der Waals surface area contributed by atoms with Gasteiger partial charge in [0.15, 0.2) is 0 Å². The Balaban J connectivity index is 2.47. The molecule has 0 radical (unpaired) electrons. The number of hydrogen-bond acceptors (Lipinski definition) is 4. The molecule has 0 aliphatic rings. The van der Waals surface area contributed by atoms with E-state index >= 15 is 0 Å². The van der Waals surface area contributed by atoms with E-state index in [-0.39, 0.29) is 0 Å². The zero-order valence-corrected chi connectivity index (χ0v) is 9.33. The molecule has 0 saturated heterocycles. The zero-order valence-electron chi connectivity index (χ0n) is 9.33. The average Bonchev–Trinajstić information content (AvgIpc) is 2.40. The molecule has 0 fully saturated rings. The normalized spacial score (nSPS) is 9.11. The second kappa shape index (κ2) is 5.51. The molecule has 2 aromatic rings. The summed E-state index contributed by atoms with van der Waals surface area (Å²) in [5.74, 6) is 0. The topological polar surface area (TPSA) is 58.9 Å². The number of aliphatic imine (C=N–C) groups is 2. The van der Waals surface area contributed by atoms with E-state index in [0.717, 1.165) is 11.1 Å². The van der Waals surface area contributed by atoms with Gasteiger partial charge in [0.2, 0.25) is 12.2 Å². The molecule has 4 nitrogen and oxygen atoms in total. The molecule has 0 spiro atoms. The molecule has 0 heterocycles. The summed E-state index contributed by atoms with van der Waals surface area (Å²) < 4.78 is 0. The first-order valence-electron chi connectivity index (χ1n) is 5.20. The lowest BCUT2D eigenvalue weighted by atomic mass is 10.0. The van der Waals surface area contributed by atoms with Crippen LogP contribution in [0.4, 0.5) is 11.4 Å². The van der Waals surface area contributed by atoms with Gasteiger partial charge in [0.1, 0.15) is 0 Å². The van der Waals surface area contributed by atoms with Gasteiger partial charge in [-0.15, -0.1) is 0 Å². The predicted octanol–water partition coefficient (Wildman–Crippen LogP) is 3.29. The Kier molecular flexibility index (Phi) is 3.57. The van der Waals surface area contributed by atoms with Crippen molar-refractivity contribution in [2.24, 2.45) is 9.98 Å². The van der Waals surface area contributed by atoms with Crippen LogP contribution >= 0.6 is 0 Å². The molecule has 2 aromatic carbocycles. The van der Waals surface area contributed by atoms with E-state index in [4.69, 9.17) is 0 Å². The number of rotatable bonds is 3. The van der Waals surface area contributed by atoms with Crippen LogP contribution in [0.3, 0.4) is 0 Å². The molecule has 0 unspecified atom stereocenters. The Morgan fingerprint density at radius 1 is 0.722 bits per heavy atom. The molecular weight excluding hydrogens is 228 g/mol. The first-order chi connectivity index (χ1) is 8.83. The van der Waals surface area contributed by atoms with Gasteiger partial charge in [-0.25, -0.2) is 9.59 Å². The summed E-state index contributed by atoms with van der Waals surface area (Å²) in [6.07, 6.45) is 3.00. The number of benzene rings is 2. The molecule has 4 heteroatoms. The van der Waals surface area contributed by atoms with E-state index in [1.54, 1.807) is 36.4 Å². The maximum atomic E-state index is 10.2. The van der Waals surface area contributed by atoms with Gasteiger partial charge in [0.25, 0.3) is 0 Å². The second-order valence-electron chi connectivity index (χ2n) is 3.51. The highest BCUT2D eigenvalue weighted by molar-refractivity contribution is 5.71. The lowest BCUT2D eigenvalue weighted by Crippen LogP contribution is -1.77. The van der Waals surface area contributed by atoms with Crippen molar-refractivity contribution in [1.29, 1.82) is 0 Å². The van der Waals surface area contributed by atoms with Crippen molar-refractivity contribution in [1.82, 2.24) is 0 Å². The summed E-state index contributed by atoms with van der Waals surface area (Å²) in [5, 5.41) is 0. The smallest absolute Gasteiger partial charge is 0.211 e. The van der Waals surface area contributed by atoms with Crippen LogP contribution in [-0.2, 0) is 9.59 Å². The molecule has 0 atom stereocenters. The quantitative estimate of drug-likeness (QED) is 0.606. The molecule has 0 aliphatic heterocycles. The molecule has 0 aliphatic carbocycles. The number of nitrogens with zero attached hydrogens (tertiary/aromatic N) is 2. The Bertz CT molecular complexity index is 607. The molecule has 0 saturated carbocycles. The summed E-state index contributed by atoms with van der Waals surface area (Å²) in [5.41, 5.74) is 2.84. The molecule has 0 N–H and O–H groups in total. The molecule has 86 valence electrons. The summed E-state index contributed by atoms with van der Waals surface area (Å²) in [4.78, 5) is 27.5. The molecule has 0 bridgehead atoms. The lowest BCUT2D eigenvalue weighted by molar-refractivity contribution is 0.564. The maximum absolute atomic E-state index is 10.2. The maximum Gasteiger partial charge on any atom is 0.240 e. The highest BCUT2D eigenvalue weighted by Gasteiger charge is 2.00. The van der Waals surface area contributed by atoms with E-state index in [2.05, 4.69) is 9.98 Å². The fraction of sp³-hybridized carbons (Fsp3) is 0. The first-order valence-corrected chi connectivity index (χ1v) is 5.20. The van der Waals surface area contributed by atoms with Gasteiger partial charge >= 0.3 is 0 Å². The summed E-state index contributed by atoms with van der Waals surface area (Å²) in [6, 6.07) is 14.3. The third-order valence-electron chi connectivity index (χ3n) is 2.38. The van der Waals surface area contributed by atoms with E-state index < -0.39 is 0 Å². The van der Waals surface area contributed by atoms with Gasteiger partial charge in [0, 0.05) is 0 Å². The molecule has 0 aromatic heterocycles. The van der Waals surface area contributed by atoms with Crippen molar-refractivity contribution in [3.63, 3.8) is 0 Å². The molecule has 0 amide bonds. The molecular formula is C14H8N2O2. The van der Waals surface area contributed by atoms with E-state index in [9.17, 15) is 9.59 Å². The van der Waals surface area contributed by atoms with Crippen molar-refractivity contribution < 1.29 is 9.59 Å². The van der Waals surface area contributed by atoms with Crippen LogP contribution in [0.25, 0.3) is 11.1 Å². The lowest BCUT2D eigenvalue weighted by Gasteiger charge is -2.02. The monoisotopic (exact) mass is 236 g/mol. The van der Waals surface area contributed by atoms with Crippen LogP contribution in [-0.4, -0.2) is 12.2 Å². The Labute approximate surface area is 103 Å². The van der Waals surface area contributed by atoms with Gasteiger partial charge in [-0.1, -0.05) is 24.3 Å². The third kappa shape index (κ3) is 2.66. The summed E-state index contributed by atoms with van der Waals surface area (Å²) in [6.45, 7) is 0. The summed E-state index contributed by atoms with van der Waals surface area (Å²) in [7, 11) is 0. The number of carbonyl (C=O) groups excluding carboxylic acids is 2. The summed E-state index contributed by atoms with van der Waals surface area (Å²) >= 11 is 0. The van der Waals surface area contributed by atoms with Crippen molar-refractivity contribution in [3.05, 3.63) is 48.5 Å². The van der Waals surface area contributed by atoms with Crippen LogP contribution in [0.5, 0.6) is 0 Å². The highest BCUT2D eigenvalue weighted by Crippen LogP contribution is 2.26. The Morgan fingerprint density at radius 2 is 1.17 bits per heavy atom. The van der Waals surface area contributed by atoms with Crippen molar-refractivity contribution >= 4 is 23.5 Å². The van der Waals surface area contributed by atoms with Crippen molar-refractivity contribution in [2.75, 3.05) is 0 Å². The van der Waals surface area contributed by atoms with Gasteiger partial charge in [0.05, 0.1) is 11.4 Å². The Morgan fingerprint density at radius 3 is 1.56 bits per heavy atom.